The van der Waals surface area contributed by atoms with Gasteiger partial charge in [0.05, 0.1) is 5.60 Å². The lowest BCUT2D eigenvalue weighted by Gasteiger charge is -2.32. The van der Waals surface area contributed by atoms with Crippen LogP contribution in [0, 0.1) is 0 Å². The predicted octanol–water partition coefficient (Wildman–Crippen LogP) is 4.50. The molecule has 0 amide bonds. The molecule has 0 radical (unpaired) electrons. The van der Waals surface area contributed by atoms with E-state index in [-0.39, 0.29) is 0 Å². The molecule has 0 bridgehead atoms. The van der Waals surface area contributed by atoms with Crippen LogP contribution in [0.3, 0.4) is 0 Å². The summed E-state index contributed by atoms with van der Waals surface area (Å²) < 4.78 is 0. The first-order valence-corrected chi connectivity index (χ1v) is 8.70. The monoisotopic (exact) mass is 331 g/mol. The SMILES string of the molecule is CCN(CC)CC[C@](O)(Cc1ccccc1)c1cccc(Cl)c1. The van der Waals surface area contributed by atoms with Gasteiger partial charge in [0.2, 0.25) is 0 Å². The molecular formula is C20H26ClNO. The van der Waals surface area contributed by atoms with Crippen LogP contribution in [0.1, 0.15) is 31.4 Å². The van der Waals surface area contributed by atoms with Gasteiger partial charge >= 0.3 is 0 Å². The Morgan fingerprint density at radius 1 is 1.00 bits per heavy atom. The molecule has 2 rings (SSSR count). The molecule has 2 aromatic rings. The number of halogens is 1. The summed E-state index contributed by atoms with van der Waals surface area (Å²) in [6.45, 7) is 7.15. The van der Waals surface area contributed by atoms with Crippen molar-refractivity contribution >= 4 is 11.6 Å². The van der Waals surface area contributed by atoms with Crippen LogP contribution in [0.25, 0.3) is 0 Å². The lowest BCUT2D eigenvalue weighted by atomic mass is 9.84. The molecule has 1 atom stereocenters. The summed E-state index contributed by atoms with van der Waals surface area (Å²) in [5, 5.41) is 12.1. The largest absolute Gasteiger partial charge is 0.385 e. The Hall–Kier alpha value is -1.35. The summed E-state index contributed by atoms with van der Waals surface area (Å²) >= 11 is 6.15. The topological polar surface area (TPSA) is 23.5 Å². The van der Waals surface area contributed by atoms with Crippen molar-refractivity contribution < 1.29 is 5.11 Å². The van der Waals surface area contributed by atoms with Crippen molar-refractivity contribution in [2.45, 2.75) is 32.3 Å². The Kier molecular flexibility index (Phi) is 6.64. The average Bonchev–Trinajstić information content (AvgIpc) is 2.57. The molecule has 0 unspecified atom stereocenters. The Labute approximate surface area is 144 Å². The van der Waals surface area contributed by atoms with Crippen molar-refractivity contribution in [3.8, 4) is 0 Å². The minimum atomic E-state index is -0.908. The van der Waals surface area contributed by atoms with Crippen LogP contribution < -0.4 is 0 Å². The van der Waals surface area contributed by atoms with E-state index < -0.39 is 5.60 Å². The second kappa shape index (κ2) is 8.49. The third-order valence-corrected chi connectivity index (χ3v) is 4.67. The van der Waals surface area contributed by atoms with Crippen LogP contribution in [0.4, 0.5) is 0 Å². The van der Waals surface area contributed by atoms with Gasteiger partial charge in [0, 0.05) is 18.0 Å². The van der Waals surface area contributed by atoms with Crippen molar-refractivity contribution in [3.63, 3.8) is 0 Å². The second-order valence-electron chi connectivity index (χ2n) is 5.98. The molecule has 0 aliphatic carbocycles. The molecule has 23 heavy (non-hydrogen) atoms. The molecule has 0 heterocycles. The van der Waals surface area contributed by atoms with Crippen LogP contribution in [-0.2, 0) is 12.0 Å². The van der Waals surface area contributed by atoms with Gasteiger partial charge in [-0.15, -0.1) is 0 Å². The first-order chi connectivity index (χ1) is 11.1. The fourth-order valence-corrected chi connectivity index (χ4v) is 3.12. The normalized spacial score (nSPS) is 14.0. The van der Waals surface area contributed by atoms with Crippen LogP contribution >= 0.6 is 11.6 Å². The van der Waals surface area contributed by atoms with Crippen molar-refractivity contribution in [2.24, 2.45) is 0 Å². The fraction of sp³-hybridized carbons (Fsp3) is 0.400. The molecule has 0 saturated carbocycles. The second-order valence-corrected chi connectivity index (χ2v) is 6.42. The number of nitrogens with zero attached hydrogens (tertiary/aromatic N) is 1. The fourth-order valence-electron chi connectivity index (χ4n) is 2.93. The van der Waals surface area contributed by atoms with Crippen LogP contribution in [0.5, 0.6) is 0 Å². The lowest BCUT2D eigenvalue weighted by Crippen LogP contribution is -2.35. The summed E-state index contributed by atoms with van der Waals surface area (Å²) in [7, 11) is 0. The van der Waals surface area contributed by atoms with Crippen LogP contribution in [0.15, 0.2) is 54.6 Å². The third-order valence-electron chi connectivity index (χ3n) is 4.44. The third kappa shape index (κ3) is 5.07. The van der Waals surface area contributed by atoms with Crippen molar-refractivity contribution in [2.75, 3.05) is 19.6 Å². The quantitative estimate of drug-likeness (QED) is 0.769. The Morgan fingerprint density at radius 3 is 2.30 bits per heavy atom. The number of benzene rings is 2. The zero-order valence-corrected chi connectivity index (χ0v) is 14.8. The van der Waals surface area contributed by atoms with E-state index in [4.69, 9.17) is 11.6 Å². The minimum Gasteiger partial charge on any atom is -0.385 e. The van der Waals surface area contributed by atoms with Crippen LogP contribution in [-0.4, -0.2) is 29.6 Å². The van der Waals surface area contributed by atoms with Gasteiger partial charge in [0.15, 0.2) is 0 Å². The van der Waals surface area contributed by atoms with E-state index >= 15 is 0 Å². The highest BCUT2D eigenvalue weighted by atomic mass is 35.5. The molecule has 1 N–H and O–H groups in total. The lowest BCUT2D eigenvalue weighted by molar-refractivity contribution is 0.0181. The maximum Gasteiger partial charge on any atom is 0.0949 e. The highest BCUT2D eigenvalue weighted by molar-refractivity contribution is 6.30. The van der Waals surface area contributed by atoms with E-state index in [1.807, 2.05) is 42.5 Å². The number of hydrogen-bond acceptors (Lipinski definition) is 2. The van der Waals surface area contributed by atoms with Gasteiger partial charge in [0.25, 0.3) is 0 Å². The molecule has 2 nitrogen and oxygen atoms in total. The molecule has 3 heteroatoms. The molecule has 0 aliphatic heterocycles. The number of aliphatic hydroxyl groups is 1. The van der Waals surface area contributed by atoms with Gasteiger partial charge in [0.1, 0.15) is 0 Å². The van der Waals surface area contributed by atoms with Crippen molar-refractivity contribution in [3.05, 3.63) is 70.7 Å². The average molecular weight is 332 g/mol. The summed E-state index contributed by atoms with van der Waals surface area (Å²) in [4.78, 5) is 2.33. The van der Waals surface area contributed by atoms with Crippen molar-refractivity contribution in [1.82, 2.24) is 4.90 Å². The van der Waals surface area contributed by atoms with E-state index in [1.54, 1.807) is 0 Å². The van der Waals surface area contributed by atoms with E-state index in [0.29, 0.717) is 17.9 Å². The highest BCUT2D eigenvalue weighted by Gasteiger charge is 2.30. The molecule has 0 aromatic heterocycles. The Bertz CT molecular complexity index is 598. The Balaban J connectivity index is 2.26. The first kappa shape index (κ1) is 18.0. The highest BCUT2D eigenvalue weighted by Crippen LogP contribution is 2.31. The molecule has 0 fully saturated rings. The summed E-state index contributed by atoms with van der Waals surface area (Å²) in [6.07, 6.45) is 1.28. The van der Waals surface area contributed by atoms with Crippen molar-refractivity contribution in [1.29, 1.82) is 0 Å². The predicted molar refractivity (Wildman–Crippen MR) is 97.9 cm³/mol. The standard InChI is InChI=1S/C20H26ClNO/c1-3-22(4-2)14-13-20(23,16-17-9-6-5-7-10-17)18-11-8-12-19(21)15-18/h5-12,15,23H,3-4,13-14,16H2,1-2H3/t20-/m0/s1. The van der Waals surface area contributed by atoms with E-state index in [0.717, 1.165) is 30.8 Å². The summed E-state index contributed by atoms with van der Waals surface area (Å²) in [5.74, 6) is 0. The number of rotatable bonds is 8. The molecule has 0 aliphatic rings. The first-order valence-electron chi connectivity index (χ1n) is 8.32. The van der Waals surface area contributed by atoms with E-state index in [2.05, 4.69) is 30.9 Å². The van der Waals surface area contributed by atoms with Gasteiger partial charge in [-0.2, -0.15) is 0 Å². The zero-order chi connectivity index (χ0) is 16.7. The van der Waals surface area contributed by atoms with Crippen LogP contribution in [0.2, 0.25) is 5.02 Å². The zero-order valence-electron chi connectivity index (χ0n) is 14.0. The summed E-state index contributed by atoms with van der Waals surface area (Å²) in [5.41, 5.74) is 1.12. The van der Waals surface area contributed by atoms with Gasteiger partial charge in [-0.25, -0.2) is 0 Å². The molecular weight excluding hydrogens is 306 g/mol. The molecule has 124 valence electrons. The summed E-state index contributed by atoms with van der Waals surface area (Å²) in [6, 6.07) is 17.8. The number of hydrogen-bond donors (Lipinski definition) is 1. The van der Waals surface area contributed by atoms with E-state index in [9.17, 15) is 5.11 Å². The maximum atomic E-state index is 11.4. The van der Waals surface area contributed by atoms with Gasteiger partial charge in [-0.1, -0.05) is 67.9 Å². The molecule has 0 spiro atoms. The van der Waals surface area contributed by atoms with Gasteiger partial charge < -0.3 is 10.0 Å². The molecule has 0 saturated heterocycles. The maximum absolute atomic E-state index is 11.4. The Morgan fingerprint density at radius 2 is 1.70 bits per heavy atom. The minimum absolute atomic E-state index is 0.593. The smallest absolute Gasteiger partial charge is 0.0949 e. The van der Waals surface area contributed by atoms with Gasteiger partial charge in [-0.3, -0.25) is 0 Å². The van der Waals surface area contributed by atoms with Gasteiger partial charge in [-0.05, 0) is 42.8 Å². The van der Waals surface area contributed by atoms with E-state index in [1.165, 1.54) is 0 Å². The molecule has 2 aromatic carbocycles.